The summed E-state index contributed by atoms with van der Waals surface area (Å²) in [4.78, 5) is 52.3. The number of aryl methyl sites for hydroxylation is 2. The summed E-state index contributed by atoms with van der Waals surface area (Å²) in [5, 5.41) is 20.2. The van der Waals surface area contributed by atoms with Crippen LogP contribution in [0, 0.1) is 23.4 Å². The highest BCUT2D eigenvalue weighted by Crippen LogP contribution is 2.35. The maximum atomic E-state index is 14.2. The maximum Gasteiger partial charge on any atom is 0.329 e. The molecule has 1 saturated carbocycles. The van der Waals surface area contributed by atoms with Gasteiger partial charge in [-0.2, -0.15) is 9.49 Å². The number of piperidine rings is 1. The number of fused-ring (bicyclic) bond motifs is 3. The van der Waals surface area contributed by atoms with E-state index in [0.717, 1.165) is 91.3 Å². The molecule has 4 heterocycles. The van der Waals surface area contributed by atoms with Crippen LogP contribution in [0.5, 0.6) is 5.75 Å². The molecule has 1 aliphatic carbocycles. The Morgan fingerprint density at radius 3 is 2.45 bits per heavy atom. The second-order valence-electron chi connectivity index (χ2n) is 16.4. The van der Waals surface area contributed by atoms with Crippen molar-refractivity contribution >= 4 is 39.7 Å². The number of carbonyl (C=O) groups excluding carboxylic acids is 3. The van der Waals surface area contributed by atoms with Gasteiger partial charge in [0.15, 0.2) is 17.4 Å². The Balaban J connectivity index is 0.782. The summed E-state index contributed by atoms with van der Waals surface area (Å²) in [5.41, 5.74) is 7.30. The zero-order valence-corrected chi connectivity index (χ0v) is 33.0. The van der Waals surface area contributed by atoms with Crippen molar-refractivity contribution in [1.29, 1.82) is 0 Å². The maximum absolute atomic E-state index is 14.2. The van der Waals surface area contributed by atoms with Crippen LogP contribution in [-0.4, -0.2) is 59.7 Å². The third kappa shape index (κ3) is 7.35. The lowest BCUT2D eigenvalue weighted by molar-refractivity contribution is -0.135. The molecule has 2 aliphatic heterocycles. The van der Waals surface area contributed by atoms with E-state index in [4.69, 9.17) is 5.10 Å². The van der Waals surface area contributed by atoms with Gasteiger partial charge in [0, 0.05) is 44.7 Å². The Morgan fingerprint density at radius 2 is 1.65 bits per heavy atom. The minimum Gasteiger partial charge on any atom is -0.503 e. The van der Waals surface area contributed by atoms with Crippen molar-refractivity contribution in [1.82, 2.24) is 34.4 Å². The number of nitrogens with zero attached hydrogens (tertiary/aromatic N) is 5. The van der Waals surface area contributed by atoms with Crippen molar-refractivity contribution < 1.29 is 32.7 Å². The second kappa shape index (κ2) is 15.8. The highest BCUT2D eigenvalue weighted by molar-refractivity contribution is 6.00. The topological polar surface area (TPSA) is 143 Å². The smallest absolute Gasteiger partial charge is 0.329 e. The van der Waals surface area contributed by atoms with Crippen molar-refractivity contribution in [3.63, 3.8) is 0 Å². The van der Waals surface area contributed by atoms with E-state index in [9.17, 15) is 37.5 Å². The quantitative estimate of drug-likeness (QED) is 0.105. The van der Waals surface area contributed by atoms with Gasteiger partial charge in [0.05, 0.1) is 28.2 Å². The average Bonchev–Trinajstić information content (AvgIpc) is 3.93. The molecular formula is C45H44F3N7O5. The van der Waals surface area contributed by atoms with Crippen molar-refractivity contribution in [2.45, 2.75) is 76.5 Å². The Kier molecular flexibility index (Phi) is 10.3. The monoisotopic (exact) mass is 819 g/mol. The largest absolute Gasteiger partial charge is 0.503 e. The van der Waals surface area contributed by atoms with Gasteiger partial charge in [-0.25, -0.2) is 13.6 Å². The number of phenolic OH excluding ortho intramolecular Hbond substituents is 1. The predicted molar refractivity (Wildman–Crippen MR) is 218 cm³/mol. The van der Waals surface area contributed by atoms with Crippen LogP contribution in [-0.2, 0) is 36.1 Å². The van der Waals surface area contributed by atoms with Crippen LogP contribution >= 0.6 is 0 Å². The normalized spacial score (nSPS) is 19.6. The molecule has 1 saturated heterocycles. The molecule has 310 valence electrons. The fourth-order valence-electron chi connectivity index (χ4n) is 9.20. The van der Waals surface area contributed by atoms with Crippen LogP contribution in [0.25, 0.3) is 33.1 Å². The van der Waals surface area contributed by atoms with Crippen molar-refractivity contribution in [3.05, 3.63) is 117 Å². The molecule has 9 rings (SSSR count). The third-order valence-electron chi connectivity index (χ3n) is 12.6. The molecule has 60 heavy (non-hydrogen) atoms. The minimum atomic E-state index is -1.78. The van der Waals surface area contributed by atoms with E-state index in [2.05, 4.69) is 58.1 Å². The number of benzene rings is 4. The van der Waals surface area contributed by atoms with Gasteiger partial charge in [0.1, 0.15) is 6.04 Å². The molecule has 1 atom stereocenters. The molecular weight excluding hydrogens is 776 g/mol. The van der Waals surface area contributed by atoms with Crippen molar-refractivity contribution in [2.24, 2.45) is 13.0 Å². The van der Waals surface area contributed by atoms with Gasteiger partial charge < -0.3 is 10.4 Å². The lowest BCUT2D eigenvalue weighted by Gasteiger charge is -2.28. The van der Waals surface area contributed by atoms with Crippen LogP contribution in [0.1, 0.15) is 84.1 Å². The molecule has 2 fully saturated rings. The number of aromatic nitrogens is 4. The summed E-state index contributed by atoms with van der Waals surface area (Å²) in [7, 11) is 1.71. The first-order valence-corrected chi connectivity index (χ1v) is 20.4. The van der Waals surface area contributed by atoms with Crippen LogP contribution < -0.4 is 16.3 Å². The van der Waals surface area contributed by atoms with E-state index in [0.29, 0.717) is 18.0 Å². The van der Waals surface area contributed by atoms with Gasteiger partial charge in [-0.15, -0.1) is 0 Å². The zero-order chi connectivity index (χ0) is 41.8. The van der Waals surface area contributed by atoms with E-state index in [-0.39, 0.29) is 36.5 Å². The number of hydrogen-bond donors (Lipinski definition) is 3. The summed E-state index contributed by atoms with van der Waals surface area (Å²) in [6.07, 6.45) is 7.61. The van der Waals surface area contributed by atoms with E-state index in [1.54, 1.807) is 11.6 Å². The Bertz CT molecular complexity index is 2770. The van der Waals surface area contributed by atoms with Crippen LogP contribution in [0.3, 0.4) is 0 Å². The van der Waals surface area contributed by atoms with Gasteiger partial charge in [0.25, 0.3) is 5.91 Å². The minimum absolute atomic E-state index is 0.120. The first-order chi connectivity index (χ1) is 28.9. The number of phenols is 1. The van der Waals surface area contributed by atoms with Gasteiger partial charge in [-0.3, -0.25) is 38.4 Å². The van der Waals surface area contributed by atoms with E-state index >= 15 is 0 Å². The highest BCUT2D eigenvalue weighted by Gasteiger charge is 2.32. The first kappa shape index (κ1) is 39.3. The summed E-state index contributed by atoms with van der Waals surface area (Å²) in [6.45, 7) is 2.90. The van der Waals surface area contributed by atoms with Gasteiger partial charge in [0.2, 0.25) is 17.6 Å². The molecule has 15 heteroatoms. The molecule has 0 bridgehead atoms. The summed E-state index contributed by atoms with van der Waals surface area (Å²) in [6, 6.07) is 19.0. The Hall–Kier alpha value is -6.22. The molecule has 12 nitrogen and oxygen atoms in total. The molecule has 3 N–H and O–H groups in total. The summed E-state index contributed by atoms with van der Waals surface area (Å²) >= 11 is 0. The molecule has 3 aliphatic rings. The number of amides is 3. The number of hydrogen-bond acceptors (Lipinski definition) is 7. The molecule has 2 aromatic heterocycles. The third-order valence-corrected chi connectivity index (χ3v) is 12.6. The average molecular weight is 820 g/mol. The standard InChI is InChI=1S/C45H44F3N7O5/c1-52-38-17-25(6-13-36(38)55(45(52)60)37-14-15-39(56)50-44(37)59)3-2-16-53-22-29-9-7-27(18-31(29)23-53)28-8-10-30-24-54(51-35(30)19-28)32-11-4-26(5-12-32)21-49-43(58)33-20-34(46)42(57)41(48)40(33)47/h6-10,13,17-20,24,26,32,37,57H,2-5,11-12,14-16,21-23H2,1H3,(H,49,58)(H,50,56,59)/t26?,32?,37-/m1/s1. The zero-order valence-electron chi connectivity index (χ0n) is 33.0. The van der Waals surface area contributed by atoms with Crippen LogP contribution in [0.15, 0.2) is 71.7 Å². The second-order valence-corrected chi connectivity index (χ2v) is 16.4. The SMILES string of the molecule is Cn1c(=O)n([C@@H]2CCC(=O)NC2=O)c2ccc(CCCN3Cc4ccc(-c5ccc6cn(C7CCC(CNC(=O)c8cc(F)c(O)c(F)c8F)CC7)nc6c5)cc4C3)cc21. The number of imide groups is 1. The van der Waals surface area contributed by atoms with E-state index in [1.165, 1.54) is 15.7 Å². The molecule has 0 spiro atoms. The number of carbonyl (C=O) groups is 3. The van der Waals surface area contributed by atoms with Gasteiger partial charge >= 0.3 is 5.69 Å². The van der Waals surface area contributed by atoms with Gasteiger partial charge in [-0.1, -0.05) is 30.3 Å². The van der Waals surface area contributed by atoms with Crippen molar-refractivity contribution in [3.8, 4) is 16.9 Å². The lowest BCUT2D eigenvalue weighted by Crippen LogP contribution is -2.44. The number of halogens is 3. The van der Waals surface area contributed by atoms with E-state index in [1.807, 2.05) is 22.9 Å². The fraction of sp³-hybridized carbons (Fsp3) is 0.356. The van der Waals surface area contributed by atoms with Gasteiger partial charge in [-0.05, 0) is 116 Å². The van der Waals surface area contributed by atoms with Crippen LogP contribution in [0.4, 0.5) is 13.2 Å². The summed E-state index contributed by atoms with van der Waals surface area (Å²) in [5.74, 6) is -7.76. The Morgan fingerprint density at radius 1 is 0.883 bits per heavy atom. The number of rotatable bonds is 10. The highest BCUT2D eigenvalue weighted by atomic mass is 19.2. The fourth-order valence-corrected chi connectivity index (χ4v) is 9.20. The van der Waals surface area contributed by atoms with Crippen LogP contribution in [0.2, 0.25) is 0 Å². The first-order valence-electron chi connectivity index (χ1n) is 20.4. The Labute approximate surface area is 342 Å². The van der Waals surface area contributed by atoms with Crippen molar-refractivity contribution in [2.75, 3.05) is 13.1 Å². The lowest BCUT2D eigenvalue weighted by atomic mass is 9.86. The molecule has 0 unspecified atom stereocenters. The number of nitrogens with one attached hydrogen (secondary N) is 2. The molecule has 6 aromatic rings. The molecule has 3 amide bonds. The number of imidazole rings is 1. The summed E-state index contributed by atoms with van der Waals surface area (Å²) < 4.78 is 46.7. The van der Waals surface area contributed by atoms with E-state index < -0.39 is 46.6 Å². The predicted octanol–water partition coefficient (Wildman–Crippen LogP) is 6.57. The molecule has 0 radical (unpaired) electrons. The number of aromatic hydroxyl groups is 1. The molecule has 4 aromatic carbocycles.